The molecule has 7 heteroatoms. The zero-order valence-corrected chi connectivity index (χ0v) is 23.4. The lowest BCUT2D eigenvalue weighted by atomic mass is 10.0. The summed E-state index contributed by atoms with van der Waals surface area (Å²) in [6.45, 7) is 3.93. The number of carbonyl (C=O) groups is 2. The van der Waals surface area contributed by atoms with Crippen molar-refractivity contribution >= 4 is 35.0 Å². The van der Waals surface area contributed by atoms with Crippen molar-refractivity contribution in [3.63, 3.8) is 0 Å². The minimum absolute atomic E-state index is 0.133. The van der Waals surface area contributed by atoms with Crippen LogP contribution in [0.25, 0.3) is 0 Å². The molecular formula is C31H34Cl2N2O3. The highest BCUT2D eigenvalue weighted by atomic mass is 35.5. The Labute approximate surface area is 235 Å². The van der Waals surface area contributed by atoms with Gasteiger partial charge in [-0.05, 0) is 67.1 Å². The van der Waals surface area contributed by atoms with Crippen molar-refractivity contribution in [2.75, 3.05) is 6.61 Å². The van der Waals surface area contributed by atoms with Gasteiger partial charge in [0, 0.05) is 19.0 Å². The van der Waals surface area contributed by atoms with Gasteiger partial charge in [-0.25, -0.2) is 0 Å². The van der Waals surface area contributed by atoms with Crippen LogP contribution in [0.15, 0.2) is 66.7 Å². The lowest BCUT2D eigenvalue weighted by molar-refractivity contribution is -0.143. The Morgan fingerprint density at radius 1 is 0.947 bits per heavy atom. The summed E-state index contributed by atoms with van der Waals surface area (Å²) in [6, 6.07) is 20.3. The summed E-state index contributed by atoms with van der Waals surface area (Å²) in [5.74, 6) is 0.225. The molecule has 0 spiro atoms. The number of hydrogen-bond acceptors (Lipinski definition) is 3. The number of carbonyl (C=O) groups excluding carboxylic acids is 2. The molecule has 1 atom stereocenters. The van der Waals surface area contributed by atoms with Gasteiger partial charge in [0.05, 0.1) is 10.0 Å². The molecule has 0 aliphatic heterocycles. The number of rotatable bonds is 10. The first-order valence-electron chi connectivity index (χ1n) is 13.1. The van der Waals surface area contributed by atoms with E-state index >= 15 is 0 Å². The molecule has 0 bridgehead atoms. The number of aryl methyl sites for hydroxylation is 2. The maximum absolute atomic E-state index is 13.8. The number of ether oxygens (including phenoxy) is 1. The molecule has 1 aliphatic carbocycles. The second-order valence-electron chi connectivity index (χ2n) is 10.0. The van der Waals surface area contributed by atoms with E-state index in [0.29, 0.717) is 22.2 Å². The highest BCUT2D eigenvalue weighted by Crippen LogP contribution is 2.25. The predicted octanol–water partition coefficient (Wildman–Crippen LogP) is 6.69. The fourth-order valence-corrected chi connectivity index (χ4v) is 5.16. The van der Waals surface area contributed by atoms with Gasteiger partial charge >= 0.3 is 0 Å². The van der Waals surface area contributed by atoms with Gasteiger partial charge in [0.25, 0.3) is 5.91 Å². The molecule has 1 saturated carbocycles. The van der Waals surface area contributed by atoms with Crippen molar-refractivity contribution in [1.82, 2.24) is 10.2 Å². The Bertz CT molecular complexity index is 1260. The van der Waals surface area contributed by atoms with E-state index in [1.54, 1.807) is 17.0 Å². The molecule has 3 aromatic carbocycles. The van der Waals surface area contributed by atoms with Crippen LogP contribution in [0.3, 0.4) is 0 Å². The quantitative estimate of drug-likeness (QED) is 0.305. The predicted molar refractivity (Wildman–Crippen MR) is 153 cm³/mol. The first-order valence-corrected chi connectivity index (χ1v) is 13.8. The molecule has 5 nitrogen and oxygen atoms in total. The second-order valence-corrected chi connectivity index (χ2v) is 10.8. The van der Waals surface area contributed by atoms with Crippen LogP contribution in [0.1, 0.15) is 47.9 Å². The topological polar surface area (TPSA) is 58.6 Å². The van der Waals surface area contributed by atoms with Crippen LogP contribution in [0.4, 0.5) is 0 Å². The van der Waals surface area contributed by atoms with Crippen molar-refractivity contribution in [3.05, 3.63) is 99.0 Å². The number of nitrogens with one attached hydrogen (secondary N) is 1. The van der Waals surface area contributed by atoms with Gasteiger partial charge in [-0.3, -0.25) is 9.59 Å². The normalized spacial score (nSPS) is 14.2. The molecule has 0 radical (unpaired) electrons. The Balaban J connectivity index is 1.64. The highest BCUT2D eigenvalue weighted by molar-refractivity contribution is 6.42. The standard InChI is InChI=1S/C31H34Cl2N2O3/c1-21-12-13-22(2)29(16-21)38-20-30(36)35(19-24-14-15-26(32)27(33)17-24)28(18-23-8-4-3-5-9-23)31(37)34-25-10-6-7-11-25/h3-5,8-9,12-17,25,28H,6-7,10-11,18-20H2,1-2H3,(H,34,37). The fraction of sp³-hybridized carbons (Fsp3) is 0.355. The summed E-state index contributed by atoms with van der Waals surface area (Å²) >= 11 is 12.4. The molecule has 3 aromatic rings. The zero-order chi connectivity index (χ0) is 27.1. The molecule has 4 rings (SSSR count). The Morgan fingerprint density at radius 3 is 2.39 bits per heavy atom. The van der Waals surface area contributed by atoms with Crippen molar-refractivity contribution in [2.24, 2.45) is 0 Å². The largest absolute Gasteiger partial charge is 0.483 e. The summed E-state index contributed by atoms with van der Waals surface area (Å²) in [7, 11) is 0. The first kappa shape index (κ1) is 28.0. The summed E-state index contributed by atoms with van der Waals surface area (Å²) in [4.78, 5) is 29.2. The van der Waals surface area contributed by atoms with Gasteiger partial charge < -0.3 is 15.0 Å². The molecule has 38 heavy (non-hydrogen) atoms. The van der Waals surface area contributed by atoms with E-state index in [1.807, 2.05) is 68.4 Å². The summed E-state index contributed by atoms with van der Waals surface area (Å²) in [6.07, 6.45) is 4.50. The maximum Gasteiger partial charge on any atom is 0.261 e. The molecule has 1 unspecified atom stereocenters. The van der Waals surface area contributed by atoms with E-state index in [2.05, 4.69) is 5.32 Å². The molecule has 0 heterocycles. The van der Waals surface area contributed by atoms with Crippen LogP contribution in [0.2, 0.25) is 10.0 Å². The molecule has 0 aromatic heterocycles. The minimum Gasteiger partial charge on any atom is -0.483 e. The maximum atomic E-state index is 13.8. The molecular weight excluding hydrogens is 519 g/mol. The Morgan fingerprint density at radius 2 is 1.68 bits per heavy atom. The Kier molecular flexibility index (Phi) is 9.70. The number of nitrogens with zero attached hydrogens (tertiary/aromatic N) is 1. The lowest BCUT2D eigenvalue weighted by Gasteiger charge is -2.32. The van der Waals surface area contributed by atoms with E-state index in [9.17, 15) is 9.59 Å². The van der Waals surface area contributed by atoms with Crippen molar-refractivity contribution in [2.45, 2.75) is 64.6 Å². The SMILES string of the molecule is Cc1ccc(C)c(OCC(=O)N(Cc2ccc(Cl)c(Cl)c2)C(Cc2ccccc2)C(=O)NC2CCCC2)c1. The monoisotopic (exact) mass is 552 g/mol. The number of hydrogen-bond donors (Lipinski definition) is 1. The molecule has 0 saturated heterocycles. The van der Waals surface area contributed by atoms with Gasteiger partial charge in [-0.2, -0.15) is 0 Å². The third-order valence-corrected chi connectivity index (χ3v) is 7.74. The fourth-order valence-electron chi connectivity index (χ4n) is 4.84. The molecule has 1 N–H and O–H groups in total. The average molecular weight is 554 g/mol. The minimum atomic E-state index is -0.720. The smallest absolute Gasteiger partial charge is 0.261 e. The summed E-state index contributed by atoms with van der Waals surface area (Å²) in [5.41, 5.74) is 3.75. The molecule has 1 aliphatic rings. The van der Waals surface area contributed by atoms with E-state index < -0.39 is 6.04 Å². The highest BCUT2D eigenvalue weighted by Gasteiger charge is 2.32. The van der Waals surface area contributed by atoms with Gasteiger partial charge in [0.15, 0.2) is 6.61 Å². The van der Waals surface area contributed by atoms with Gasteiger partial charge in [0.2, 0.25) is 5.91 Å². The third-order valence-electron chi connectivity index (χ3n) is 7.00. The van der Waals surface area contributed by atoms with Crippen molar-refractivity contribution in [1.29, 1.82) is 0 Å². The average Bonchev–Trinajstić information content (AvgIpc) is 3.42. The summed E-state index contributed by atoms with van der Waals surface area (Å²) in [5, 5.41) is 4.05. The van der Waals surface area contributed by atoms with Crippen LogP contribution < -0.4 is 10.1 Å². The van der Waals surface area contributed by atoms with Gasteiger partial charge in [-0.1, -0.05) is 84.6 Å². The van der Waals surface area contributed by atoms with E-state index in [1.165, 1.54) is 0 Å². The van der Waals surface area contributed by atoms with Crippen LogP contribution in [0.5, 0.6) is 5.75 Å². The van der Waals surface area contributed by atoms with E-state index in [4.69, 9.17) is 27.9 Å². The molecule has 200 valence electrons. The number of amides is 2. The van der Waals surface area contributed by atoms with Crippen LogP contribution in [-0.2, 0) is 22.6 Å². The van der Waals surface area contributed by atoms with Crippen molar-refractivity contribution < 1.29 is 14.3 Å². The summed E-state index contributed by atoms with van der Waals surface area (Å²) < 4.78 is 5.98. The first-order chi connectivity index (χ1) is 18.3. The number of benzene rings is 3. The lowest BCUT2D eigenvalue weighted by Crippen LogP contribution is -2.53. The number of halogens is 2. The van der Waals surface area contributed by atoms with Gasteiger partial charge in [0.1, 0.15) is 11.8 Å². The van der Waals surface area contributed by atoms with Crippen molar-refractivity contribution in [3.8, 4) is 5.75 Å². The van der Waals surface area contributed by atoms with E-state index in [0.717, 1.165) is 47.9 Å². The zero-order valence-electron chi connectivity index (χ0n) is 21.9. The van der Waals surface area contributed by atoms with Crippen LogP contribution in [0, 0.1) is 13.8 Å². The Hall–Kier alpha value is -3.02. The molecule has 1 fully saturated rings. The van der Waals surface area contributed by atoms with Crippen LogP contribution in [-0.4, -0.2) is 35.4 Å². The van der Waals surface area contributed by atoms with Crippen LogP contribution >= 0.6 is 23.2 Å². The van der Waals surface area contributed by atoms with Gasteiger partial charge in [-0.15, -0.1) is 0 Å². The third kappa shape index (κ3) is 7.52. The second kappa shape index (κ2) is 13.2. The molecule has 2 amide bonds. The van der Waals surface area contributed by atoms with E-state index in [-0.39, 0.29) is 31.0 Å².